The Bertz CT molecular complexity index is 636. The van der Waals surface area contributed by atoms with Crippen LogP contribution in [-0.2, 0) is 56.9 Å². The van der Waals surface area contributed by atoms with E-state index in [2.05, 4.69) is 15.3 Å². The Morgan fingerprint density at radius 2 is 0.818 bits per heavy atom. The molecule has 0 spiro atoms. The van der Waals surface area contributed by atoms with Gasteiger partial charge in [0.15, 0.2) is 0 Å². The highest BCUT2D eigenvalue weighted by atomic mass is 16.6. The van der Waals surface area contributed by atoms with Crippen LogP contribution in [0.2, 0.25) is 0 Å². The van der Waals surface area contributed by atoms with Crippen LogP contribution in [0.15, 0.2) is 5.11 Å². The number of rotatable bonds is 38. The van der Waals surface area contributed by atoms with Gasteiger partial charge in [-0.15, -0.1) is 0 Å². The van der Waals surface area contributed by atoms with Crippen molar-refractivity contribution < 1.29 is 56.9 Å². The first-order valence-electron chi connectivity index (χ1n) is 15.1. The van der Waals surface area contributed by atoms with Gasteiger partial charge in [0.1, 0.15) is 0 Å². The number of nitrogens with two attached hydrogens (primary N) is 1. The Morgan fingerprint density at radius 3 is 1.18 bits per heavy atom. The summed E-state index contributed by atoms with van der Waals surface area (Å²) >= 11 is 0. The molecule has 0 bridgehead atoms. The van der Waals surface area contributed by atoms with E-state index in [-0.39, 0.29) is 12.3 Å². The molecule has 0 aliphatic rings. The molecule has 44 heavy (non-hydrogen) atoms. The minimum Gasteiger partial charge on any atom is -0.379 e. The maximum absolute atomic E-state index is 11.8. The third-order valence-corrected chi connectivity index (χ3v) is 5.05. The molecule has 0 heterocycles. The number of hydrogen-bond donors (Lipinski definition) is 2. The normalized spacial score (nSPS) is 11.1. The number of carbonyl (C=O) groups is 1. The van der Waals surface area contributed by atoms with Gasteiger partial charge < -0.3 is 63.2 Å². The van der Waals surface area contributed by atoms with E-state index >= 15 is 0 Å². The standard InChI is InChI=1S/C27H55N5O12/c28-2-6-35-10-14-39-18-22-43-23-19-40-15-11-36-7-3-30-27(33)1-5-34-9-13-38-17-21-42-25-26-44-24-20-41-16-12-37-8-4-31-32-29/h1-26,28H2,(H,30,33). The Balaban J connectivity index is 3.15. The molecule has 0 saturated carbocycles. The molecular weight excluding hydrogens is 586 g/mol. The monoisotopic (exact) mass is 641 g/mol. The predicted molar refractivity (Wildman–Crippen MR) is 160 cm³/mol. The molecule has 0 aliphatic heterocycles. The molecule has 0 rings (SSSR count). The molecule has 0 saturated heterocycles. The zero-order valence-electron chi connectivity index (χ0n) is 26.2. The first-order valence-corrected chi connectivity index (χ1v) is 15.1. The van der Waals surface area contributed by atoms with Crippen molar-refractivity contribution in [2.45, 2.75) is 6.42 Å². The third-order valence-electron chi connectivity index (χ3n) is 5.05. The van der Waals surface area contributed by atoms with Crippen molar-refractivity contribution in [1.29, 1.82) is 0 Å². The van der Waals surface area contributed by atoms with Crippen molar-refractivity contribution in [3.63, 3.8) is 0 Å². The van der Waals surface area contributed by atoms with Crippen LogP contribution in [0.1, 0.15) is 6.42 Å². The lowest BCUT2D eigenvalue weighted by molar-refractivity contribution is -0.122. The van der Waals surface area contributed by atoms with Crippen LogP contribution in [0.25, 0.3) is 10.4 Å². The molecule has 3 N–H and O–H groups in total. The van der Waals surface area contributed by atoms with Gasteiger partial charge in [0.25, 0.3) is 0 Å². The second-order valence-corrected chi connectivity index (χ2v) is 8.58. The van der Waals surface area contributed by atoms with Crippen LogP contribution in [0, 0.1) is 0 Å². The number of nitrogens with one attached hydrogen (secondary N) is 1. The Hall–Kier alpha value is -1.70. The molecule has 0 aliphatic carbocycles. The van der Waals surface area contributed by atoms with Gasteiger partial charge in [-0.3, -0.25) is 4.79 Å². The SMILES string of the molecule is [N-]=[N+]=NCCOCCOCCOCCOCCOCCOCCC(=O)NCCOCCOCCOCCOCCOCCN. The van der Waals surface area contributed by atoms with Gasteiger partial charge in [-0.1, -0.05) is 5.11 Å². The Morgan fingerprint density at radius 1 is 0.500 bits per heavy atom. The largest absolute Gasteiger partial charge is 0.379 e. The van der Waals surface area contributed by atoms with Gasteiger partial charge in [0.2, 0.25) is 5.91 Å². The minimum atomic E-state index is -0.0925. The number of azide groups is 1. The summed E-state index contributed by atoms with van der Waals surface area (Å²) in [5.74, 6) is -0.0925. The third kappa shape index (κ3) is 38.3. The number of nitrogens with zero attached hydrogens (tertiary/aromatic N) is 3. The van der Waals surface area contributed by atoms with Gasteiger partial charge in [-0.05, 0) is 5.53 Å². The molecule has 0 aromatic heterocycles. The van der Waals surface area contributed by atoms with Gasteiger partial charge in [-0.25, -0.2) is 0 Å². The quantitative estimate of drug-likeness (QED) is 0.0393. The van der Waals surface area contributed by atoms with E-state index in [0.717, 1.165) is 0 Å². The highest BCUT2D eigenvalue weighted by Gasteiger charge is 2.01. The molecule has 0 unspecified atom stereocenters. The van der Waals surface area contributed by atoms with E-state index in [9.17, 15) is 4.79 Å². The first kappa shape index (κ1) is 42.3. The van der Waals surface area contributed by atoms with Crippen LogP contribution in [-0.4, -0.2) is 171 Å². The lowest BCUT2D eigenvalue weighted by Crippen LogP contribution is -2.28. The summed E-state index contributed by atoms with van der Waals surface area (Å²) < 4.78 is 59.0. The van der Waals surface area contributed by atoms with Gasteiger partial charge in [0, 0.05) is 31.0 Å². The number of carbonyl (C=O) groups excluding carboxylic acids is 1. The van der Waals surface area contributed by atoms with Gasteiger partial charge in [-0.2, -0.15) is 0 Å². The fraction of sp³-hybridized carbons (Fsp3) is 0.963. The van der Waals surface area contributed by atoms with Crippen molar-refractivity contribution in [2.24, 2.45) is 10.8 Å². The first-order chi connectivity index (χ1) is 21.8. The number of amides is 1. The molecule has 0 aromatic rings. The molecule has 0 atom stereocenters. The average molecular weight is 642 g/mol. The molecule has 0 aromatic carbocycles. The number of hydrogen-bond acceptors (Lipinski definition) is 14. The van der Waals surface area contributed by atoms with Gasteiger partial charge in [0.05, 0.1) is 145 Å². The van der Waals surface area contributed by atoms with Crippen LogP contribution >= 0.6 is 0 Å². The van der Waals surface area contributed by atoms with Crippen molar-refractivity contribution in [3.05, 3.63) is 10.4 Å². The van der Waals surface area contributed by atoms with E-state index < -0.39 is 0 Å². The highest BCUT2D eigenvalue weighted by Crippen LogP contribution is 1.88. The van der Waals surface area contributed by atoms with Gasteiger partial charge >= 0.3 is 0 Å². The molecule has 17 nitrogen and oxygen atoms in total. The summed E-state index contributed by atoms with van der Waals surface area (Å²) in [6.45, 7) is 11.4. The van der Waals surface area contributed by atoms with E-state index in [1.165, 1.54) is 0 Å². The van der Waals surface area contributed by atoms with Crippen LogP contribution < -0.4 is 11.1 Å². The van der Waals surface area contributed by atoms with E-state index in [1.54, 1.807) is 0 Å². The number of ether oxygens (including phenoxy) is 11. The smallest absolute Gasteiger partial charge is 0.222 e. The summed E-state index contributed by atoms with van der Waals surface area (Å²) in [6.07, 6.45) is 0.275. The van der Waals surface area contributed by atoms with Crippen LogP contribution in [0.4, 0.5) is 0 Å². The molecule has 260 valence electrons. The summed E-state index contributed by atoms with van der Waals surface area (Å²) in [4.78, 5) is 14.5. The molecule has 17 heteroatoms. The average Bonchev–Trinajstić information content (AvgIpc) is 3.03. The lowest BCUT2D eigenvalue weighted by Gasteiger charge is -2.09. The second-order valence-electron chi connectivity index (χ2n) is 8.58. The maximum atomic E-state index is 11.8. The van der Waals surface area contributed by atoms with Crippen LogP contribution in [0.5, 0.6) is 0 Å². The summed E-state index contributed by atoms with van der Waals surface area (Å²) in [5, 5.41) is 6.15. The maximum Gasteiger partial charge on any atom is 0.222 e. The Labute approximate surface area is 261 Å². The Kier molecular flexibility index (Phi) is 37.8. The van der Waals surface area contributed by atoms with Crippen LogP contribution in [0.3, 0.4) is 0 Å². The summed E-state index contributed by atoms with van der Waals surface area (Å²) in [6, 6.07) is 0. The summed E-state index contributed by atoms with van der Waals surface area (Å²) in [7, 11) is 0. The fourth-order valence-electron chi connectivity index (χ4n) is 2.93. The summed E-state index contributed by atoms with van der Waals surface area (Å²) in [5.41, 5.74) is 13.5. The molecule has 0 fully saturated rings. The van der Waals surface area contributed by atoms with E-state index in [1.807, 2.05) is 0 Å². The molecular formula is C27H55N5O12. The predicted octanol–water partition coefficient (Wildman–Crippen LogP) is -0.0557. The minimum absolute atomic E-state index is 0.0925. The highest BCUT2D eigenvalue weighted by molar-refractivity contribution is 5.75. The van der Waals surface area contributed by atoms with Crippen molar-refractivity contribution >= 4 is 5.91 Å². The van der Waals surface area contributed by atoms with Crippen molar-refractivity contribution in [2.75, 3.05) is 165 Å². The topological polar surface area (TPSA) is 205 Å². The molecule has 1 amide bonds. The van der Waals surface area contributed by atoms with E-state index in [0.29, 0.717) is 165 Å². The molecule has 0 radical (unpaired) electrons. The van der Waals surface area contributed by atoms with E-state index in [4.69, 9.17) is 63.4 Å². The van der Waals surface area contributed by atoms with Crippen molar-refractivity contribution in [3.8, 4) is 0 Å². The second kappa shape index (κ2) is 39.3. The lowest BCUT2D eigenvalue weighted by atomic mass is 10.4. The van der Waals surface area contributed by atoms with Crippen molar-refractivity contribution in [1.82, 2.24) is 5.32 Å². The zero-order valence-corrected chi connectivity index (χ0v) is 26.2. The fourth-order valence-corrected chi connectivity index (χ4v) is 2.93. The zero-order chi connectivity index (χ0) is 31.9.